The summed E-state index contributed by atoms with van der Waals surface area (Å²) in [7, 11) is 1.61. The Hall–Kier alpha value is -2.69. The molecule has 0 amide bonds. The molecule has 106 valence electrons. The third-order valence-electron chi connectivity index (χ3n) is 3.34. The third-order valence-corrected chi connectivity index (χ3v) is 3.34. The number of methoxy groups -OCH3 is 1. The van der Waals surface area contributed by atoms with E-state index in [0.717, 1.165) is 11.3 Å². The van der Waals surface area contributed by atoms with Gasteiger partial charge in [-0.05, 0) is 29.8 Å². The first kappa shape index (κ1) is 13.3. The number of hydrogen-bond donors (Lipinski definition) is 0. The Balaban J connectivity index is 2.01. The van der Waals surface area contributed by atoms with Gasteiger partial charge in [-0.3, -0.25) is 9.20 Å². The molecule has 0 radical (unpaired) electrons. The Bertz CT molecular complexity index is 794. The quantitative estimate of drug-likeness (QED) is 0.692. The summed E-state index contributed by atoms with van der Waals surface area (Å²) in [6, 6.07) is 10.4. The number of rotatable bonds is 4. The van der Waals surface area contributed by atoms with Gasteiger partial charge in [0.05, 0.1) is 12.8 Å². The number of hydrogen-bond acceptors (Lipinski definition) is 3. The van der Waals surface area contributed by atoms with Gasteiger partial charge < -0.3 is 4.74 Å². The lowest BCUT2D eigenvalue weighted by Crippen LogP contribution is -1.97. The zero-order chi connectivity index (χ0) is 14.8. The van der Waals surface area contributed by atoms with Crippen molar-refractivity contribution in [3.63, 3.8) is 0 Å². The van der Waals surface area contributed by atoms with Crippen LogP contribution in [0.5, 0.6) is 5.75 Å². The molecule has 21 heavy (non-hydrogen) atoms. The average Bonchev–Trinajstić information content (AvgIpc) is 2.84. The zero-order valence-corrected chi connectivity index (χ0v) is 11.4. The Kier molecular flexibility index (Phi) is 3.39. The lowest BCUT2D eigenvalue weighted by molar-refractivity contribution is 0.111. The van der Waals surface area contributed by atoms with Crippen LogP contribution in [0, 0.1) is 5.82 Å². The molecule has 2 aromatic heterocycles. The van der Waals surface area contributed by atoms with E-state index in [-0.39, 0.29) is 0 Å². The lowest BCUT2D eigenvalue weighted by Gasteiger charge is -2.02. The largest absolute Gasteiger partial charge is 0.497 e. The van der Waals surface area contributed by atoms with Gasteiger partial charge in [0.1, 0.15) is 22.9 Å². The van der Waals surface area contributed by atoms with E-state index >= 15 is 0 Å². The maximum absolute atomic E-state index is 13.3. The number of aldehydes is 1. The summed E-state index contributed by atoms with van der Waals surface area (Å²) in [5.41, 5.74) is 2.56. The van der Waals surface area contributed by atoms with E-state index in [1.807, 2.05) is 24.3 Å². The molecule has 0 bridgehead atoms. The standard InChI is InChI=1S/C16H13FN2O2/c1-21-13-5-2-11(3-6-13)8-14-15(10-20)19-9-12(17)4-7-16(19)18-14/h2-7,9-10H,8H2,1H3. The molecule has 0 aliphatic rings. The number of nitrogens with zero attached hydrogens (tertiary/aromatic N) is 2. The summed E-state index contributed by atoms with van der Waals surface area (Å²) in [4.78, 5) is 15.7. The highest BCUT2D eigenvalue weighted by atomic mass is 19.1. The summed E-state index contributed by atoms with van der Waals surface area (Å²) in [5, 5.41) is 0. The number of ether oxygens (including phenoxy) is 1. The van der Waals surface area contributed by atoms with Crippen molar-refractivity contribution < 1.29 is 13.9 Å². The van der Waals surface area contributed by atoms with Crippen LogP contribution in [0.2, 0.25) is 0 Å². The predicted octanol–water partition coefficient (Wildman–Crippen LogP) is 2.89. The molecule has 4 nitrogen and oxygen atoms in total. The molecule has 1 aromatic carbocycles. The molecule has 0 saturated carbocycles. The van der Waals surface area contributed by atoms with Crippen LogP contribution < -0.4 is 4.74 Å². The molecule has 0 unspecified atom stereocenters. The zero-order valence-electron chi connectivity index (χ0n) is 11.4. The van der Waals surface area contributed by atoms with E-state index in [9.17, 15) is 9.18 Å². The van der Waals surface area contributed by atoms with Gasteiger partial charge in [0.2, 0.25) is 0 Å². The molecule has 0 spiro atoms. The van der Waals surface area contributed by atoms with E-state index in [2.05, 4.69) is 4.98 Å². The van der Waals surface area contributed by atoms with Gasteiger partial charge in [0.15, 0.2) is 6.29 Å². The molecular weight excluding hydrogens is 271 g/mol. The van der Waals surface area contributed by atoms with Crippen molar-refractivity contribution in [2.45, 2.75) is 6.42 Å². The minimum absolute atomic E-state index is 0.375. The molecule has 0 aliphatic carbocycles. The molecule has 0 fully saturated rings. The molecule has 0 aliphatic heterocycles. The number of carbonyl (C=O) groups excluding carboxylic acids is 1. The maximum Gasteiger partial charge on any atom is 0.168 e. The van der Waals surface area contributed by atoms with Gasteiger partial charge >= 0.3 is 0 Å². The van der Waals surface area contributed by atoms with Crippen molar-refractivity contribution in [3.05, 3.63) is 65.4 Å². The van der Waals surface area contributed by atoms with E-state index in [0.29, 0.717) is 29.7 Å². The van der Waals surface area contributed by atoms with E-state index in [4.69, 9.17) is 4.74 Å². The van der Waals surface area contributed by atoms with E-state index < -0.39 is 5.82 Å². The highest BCUT2D eigenvalue weighted by Gasteiger charge is 2.12. The molecule has 0 saturated heterocycles. The number of halogens is 1. The van der Waals surface area contributed by atoms with Crippen molar-refractivity contribution in [3.8, 4) is 5.75 Å². The van der Waals surface area contributed by atoms with Gasteiger partial charge in [-0.15, -0.1) is 0 Å². The lowest BCUT2D eigenvalue weighted by atomic mass is 10.1. The highest BCUT2D eigenvalue weighted by molar-refractivity contribution is 5.76. The summed E-state index contributed by atoms with van der Waals surface area (Å²) in [5.74, 6) is 0.366. The normalized spacial score (nSPS) is 10.8. The fourth-order valence-electron chi connectivity index (χ4n) is 2.28. The van der Waals surface area contributed by atoms with Crippen LogP contribution in [0.15, 0.2) is 42.6 Å². The number of pyridine rings is 1. The first-order valence-electron chi connectivity index (χ1n) is 6.46. The molecule has 5 heteroatoms. The van der Waals surface area contributed by atoms with Crippen LogP contribution in [0.4, 0.5) is 4.39 Å². The molecule has 0 atom stereocenters. The Labute approximate surface area is 120 Å². The molecule has 2 heterocycles. The Morgan fingerprint density at radius 2 is 2.00 bits per heavy atom. The minimum Gasteiger partial charge on any atom is -0.497 e. The topological polar surface area (TPSA) is 43.6 Å². The van der Waals surface area contributed by atoms with Gasteiger partial charge in [-0.2, -0.15) is 0 Å². The van der Waals surface area contributed by atoms with Crippen molar-refractivity contribution in [2.24, 2.45) is 0 Å². The smallest absolute Gasteiger partial charge is 0.168 e. The van der Waals surface area contributed by atoms with Gasteiger partial charge in [-0.1, -0.05) is 12.1 Å². The number of benzene rings is 1. The van der Waals surface area contributed by atoms with Crippen LogP contribution in [-0.2, 0) is 6.42 Å². The number of fused-ring (bicyclic) bond motifs is 1. The summed E-state index contributed by atoms with van der Waals surface area (Å²) in [6.45, 7) is 0. The second-order valence-electron chi connectivity index (χ2n) is 4.66. The van der Waals surface area contributed by atoms with Crippen LogP contribution in [0.3, 0.4) is 0 Å². The average molecular weight is 284 g/mol. The van der Waals surface area contributed by atoms with E-state index in [1.165, 1.54) is 16.7 Å². The maximum atomic E-state index is 13.3. The van der Waals surface area contributed by atoms with Crippen LogP contribution >= 0.6 is 0 Å². The minimum atomic E-state index is -0.404. The van der Waals surface area contributed by atoms with Crippen LogP contribution in [-0.4, -0.2) is 22.8 Å². The van der Waals surface area contributed by atoms with Crippen molar-refractivity contribution in [2.75, 3.05) is 7.11 Å². The fourth-order valence-corrected chi connectivity index (χ4v) is 2.28. The Morgan fingerprint density at radius 1 is 1.24 bits per heavy atom. The summed E-state index contributed by atoms with van der Waals surface area (Å²) >= 11 is 0. The highest BCUT2D eigenvalue weighted by Crippen LogP contribution is 2.18. The third kappa shape index (κ3) is 2.50. The van der Waals surface area contributed by atoms with Crippen LogP contribution in [0.25, 0.3) is 5.65 Å². The van der Waals surface area contributed by atoms with Gasteiger partial charge in [-0.25, -0.2) is 9.37 Å². The van der Waals surface area contributed by atoms with Crippen molar-refractivity contribution in [1.82, 2.24) is 9.38 Å². The van der Waals surface area contributed by atoms with Crippen LogP contribution in [0.1, 0.15) is 21.7 Å². The van der Waals surface area contributed by atoms with Gasteiger partial charge in [0.25, 0.3) is 0 Å². The molecule has 3 rings (SSSR count). The second-order valence-corrected chi connectivity index (χ2v) is 4.66. The fraction of sp³-hybridized carbons (Fsp3) is 0.125. The monoisotopic (exact) mass is 284 g/mol. The van der Waals surface area contributed by atoms with Gasteiger partial charge in [0, 0.05) is 12.6 Å². The summed E-state index contributed by atoms with van der Waals surface area (Å²) in [6.07, 6.45) is 2.48. The number of aromatic nitrogens is 2. The number of carbonyl (C=O) groups is 1. The second kappa shape index (κ2) is 5.36. The first-order valence-corrected chi connectivity index (χ1v) is 6.46. The predicted molar refractivity (Wildman–Crippen MR) is 76.3 cm³/mol. The Morgan fingerprint density at radius 3 is 2.67 bits per heavy atom. The molecule has 3 aromatic rings. The van der Waals surface area contributed by atoms with Crippen molar-refractivity contribution in [1.29, 1.82) is 0 Å². The SMILES string of the molecule is COc1ccc(Cc2nc3ccc(F)cn3c2C=O)cc1. The van der Waals surface area contributed by atoms with Crippen molar-refractivity contribution >= 4 is 11.9 Å². The number of imidazole rings is 1. The molecule has 0 N–H and O–H groups in total. The van der Waals surface area contributed by atoms with E-state index in [1.54, 1.807) is 13.2 Å². The first-order chi connectivity index (χ1) is 10.2. The summed E-state index contributed by atoms with van der Waals surface area (Å²) < 4.78 is 19.9. The molecular formula is C16H13FN2O2.